The average Bonchev–Trinajstić information content (AvgIpc) is 2.50. The van der Waals surface area contributed by atoms with E-state index in [1.807, 2.05) is 37.3 Å². The normalized spacial score (nSPS) is 14.4. The molecule has 2 rings (SSSR count). The van der Waals surface area contributed by atoms with E-state index in [9.17, 15) is 4.79 Å². The molecule has 0 saturated carbocycles. The first-order valence-corrected chi connectivity index (χ1v) is 7.01. The van der Waals surface area contributed by atoms with E-state index in [1.165, 1.54) is 11.8 Å². The van der Waals surface area contributed by atoms with Gasteiger partial charge in [-0.15, -0.1) is 0 Å². The molecule has 0 bridgehead atoms. The molecule has 1 heterocycles. The number of amides is 1. The first kappa shape index (κ1) is 14.1. The van der Waals surface area contributed by atoms with E-state index < -0.39 is 0 Å². The Bertz CT molecular complexity index is 557. The molecular weight excluding hydrogens is 250 g/mol. The molecule has 0 aliphatic carbocycles. The summed E-state index contributed by atoms with van der Waals surface area (Å²) in [5.74, 6) is -0.219. The average molecular weight is 269 g/mol. The molecule has 1 aromatic rings. The molecular formula is C16H19N3O. The molecule has 0 radical (unpaired) electrons. The van der Waals surface area contributed by atoms with Gasteiger partial charge in [-0.1, -0.05) is 25.1 Å². The highest BCUT2D eigenvalue weighted by molar-refractivity contribution is 6.08. The van der Waals surface area contributed by atoms with Gasteiger partial charge in [0.25, 0.3) is 5.91 Å². The van der Waals surface area contributed by atoms with E-state index in [4.69, 9.17) is 5.26 Å². The van der Waals surface area contributed by atoms with Crippen molar-refractivity contribution in [3.63, 3.8) is 0 Å². The lowest BCUT2D eigenvalue weighted by molar-refractivity contribution is -0.114. The molecule has 1 aliphatic rings. The Kier molecular flexibility index (Phi) is 4.78. The molecule has 4 nitrogen and oxygen atoms in total. The fourth-order valence-corrected chi connectivity index (χ4v) is 2.35. The van der Waals surface area contributed by atoms with E-state index in [1.54, 1.807) is 4.90 Å². The van der Waals surface area contributed by atoms with Gasteiger partial charge in [-0.25, -0.2) is 0 Å². The monoisotopic (exact) mass is 269 g/mol. The molecule has 20 heavy (non-hydrogen) atoms. The molecule has 0 fully saturated rings. The third kappa shape index (κ3) is 3.00. The third-order valence-corrected chi connectivity index (χ3v) is 3.35. The number of fused-ring (bicyclic) bond motifs is 1. The van der Waals surface area contributed by atoms with Gasteiger partial charge in [0.05, 0.1) is 0 Å². The molecule has 0 atom stereocenters. The van der Waals surface area contributed by atoms with Crippen LogP contribution >= 0.6 is 0 Å². The highest BCUT2D eigenvalue weighted by Gasteiger charge is 2.24. The number of carbonyl (C=O) groups excluding carboxylic acids is 1. The van der Waals surface area contributed by atoms with Crippen LogP contribution in [0.15, 0.2) is 36.0 Å². The van der Waals surface area contributed by atoms with Crippen LogP contribution in [0.5, 0.6) is 0 Å². The number of nitriles is 1. The van der Waals surface area contributed by atoms with Crippen LogP contribution in [-0.4, -0.2) is 19.0 Å². The summed E-state index contributed by atoms with van der Waals surface area (Å²) >= 11 is 0. The van der Waals surface area contributed by atoms with E-state index in [2.05, 4.69) is 5.32 Å². The van der Waals surface area contributed by atoms with Gasteiger partial charge in [-0.2, -0.15) is 5.26 Å². The van der Waals surface area contributed by atoms with Crippen LogP contribution in [0.4, 0.5) is 5.69 Å². The van der Waals surface area contributed by atoms with Crippen LogP contribution in [0.3, 0.4) is 0 Å². The van der Waals surface area contributed by atoms with Crippen LogP contribution in [0.1, 0.15) is 25.3 Å². The van der Waals surface area contributed by atoms with Crippen molar-refractivity contribution in [1.82, 2.24) is 5.32 Å². The van der Waals surface area contributed by atoms with Gasteiger partial charge in [-0.05, 0) is 30.9 Å². The summed E-state index contributed by atoms with van der Waals surface area (Å²) in [5.41, 5.74) is 2.27. The van der Waals surface area contributed by atoms with Gasteiger partial charge >= 0.3 is 0 Å². The first-order valence-electron chi connectivity index (χ1n) is 7.01. The minimum absolute atomic E-state index is 0.162. The van der Waals surface area contributed by atoms with Gasteiger partial charge in [0.15, 0.2) is 0 Å². The zero-order valence-corrected chi connectivity index (χ0v) is 11.7. The molecule has 4 heteroatoms. The third-order valence-electron chi connectivity index (χ3n) is 3.35. The molecule has 104 valence electrons. The van der Waals surface area contributed by atoms with E-state index in [0.717, 1.165) is 31.5 Å². The van der Waals surface area contributed by atoms with E-state index >= 15 is 0 Å². The highest BCUT2D eigenvalue weighted by Crippen LogP contribution is 2.27. The summed E-state index contributed by atoms with van der Waals surface area (Å²) < 4.78 is 0. The lowest BCUT2D eigenvalue weighted by Gasteiger charge is -2.29. The van der Waals surface area contributed by atoms with Gasteiger partial charge in [0.2, 0.25) is 0 Å². The van der Waals surface area contributed by atoms with Crippen LogP contribution < -0.4 is 10.2 Å². The highest BCUT2D eigenvalue weighted by atomic mass is 16.2. The van der Waals surface area contributed by atoms with E-state index in [-0.39, 0.29) is 11.5 Å². The number of nitrogens with zero attached hydrogens (tertiary/aromatic N) is 2. The standard InChI is InChI=1S/C16H19N3O/c1-2-9-18-12-14(11-17)16(20)19-10-5-7-13-6-3-4-8-15(13)19/h3-4,6,8,12,18H,2,5,7,9-10H2,1H3/b14-12-. The maximum Gasteiger partial charge on any atom is 0.270 e. The fourth-order valence-electron chi connectivity index (χ4n) is 2.35. The summed E-state index contributed by atoms with van der Waals surface area (Å²) in [6.07, 6.45) is 4.41. The van der Waals surface area contributed by atoms with E-state index in [0.29, 0.717) is 6.54 Å². The van der Waals surface area contributed by atoms with Gasteiger partial charge in [0, 0.05) is 25.0 Å². The maximum absolute atomic E-state index is 12.5. The van der Waals surface area contributed by atoms with Crippen LogP contribution in [-0.2, 0) is 11.2 Å². The second-order valence-corrected chi connectivity index (χ2v) is 4.81. The number of anilines is 1. The Balaban J connectivity index is 2.21. The van der Waals surface area contributed by atoms with Crippen molar-refractivity contribution in [3.8, 4) is 6.07 Å². The largest absolute Gasteiger partial charge is 0.390 e. The number of carbonyl (C=O) groups is 1. The van der Waals surface area contributed by atoms with Crippen molar-refractivity contribution in [1.29, 1.82) is 5.26 Å². The second kappa shape index (κ2) is 6.76. The number of hydrogen-bond donors (Lipinski definition) is 1. The molecule has 0 unspecified atom stereocenters. The van der Waals surface area contributed by atoms with Crippen molar-refractivity contribution in [2.24, 2.45) is 0 Å². The number of rotatable bonds is 4. The van der Waals surface area contributed by atoms with Crippen LogP contribution in [0.2, 0.25) is 0 Å². The van der Waals surface area contributed by atoms with Crippen molar-refractivity contribution in [2.45, 2.75) is 26.2 Å². The Morgan fingerprint density at radius 3 is 3.05 bits per heavy atom. The summed E-state index contributed by atoms with van der Waals surface area (Å²) in [6, 6.07) is 9.89. The zero-order valence-electron chi connectivity index (χ0n) is 11.7. The number of benzene rings is 1. The Labute approximate surface area is 119 Å². The minimum atomic E-state index is -0.219. The number of aryl methyl sites for hydroxylation is 1. The first-order chi connectivity index (χ1) is 9.77. The Morgan fingerprint density at radius 2 is 2.30 bits per heavy atom. The number of hydrogen-bond acceptors (Lipinski definition) is 3. The van der Waals surface area contributed by atoms with Crippen molar-refractivity contribution >= 4 is 11.6 Å². The predicted molar refractivity (Wildman–Crippen MR) is 79.1 cm³/mol. The maximum atomic E-state index is 12.5. The Morgan fingerprint density at radius 1 is 1.50 bits per heavy atom. The summed E-state index contributed by atoms with van der Waals surface area (Å²) in [7, 11) is 0. The SMILES string of the molecule is CCCN/C=C(/C#N)C(=O)N1CCCc2ccccc21. The van der Waals surface area contributed by atoms with Crippen molar-refractivity contribution in [3.05, 3.63) is 41.6 Å². The molecule has 1 aliphatic heterocycles. The lowest BCUT2D eigenvalue weighted by atomic mass is 10.0. The van der Waals surface area contributed by atoms with Crippen LogP contribution in [0.25, 0.3) is 0 Å². The minimum Gasteiger partial charge on any atom is -0.390 e. The van der Waals surface area contributed by atoms with Gasteiger partial charge < -0.3 is 10.2 Å². The number of nitrogens with one attached hydrogen (secondary N) is 1. The smallest absolute Gasteiger partial charge is 0.270 e. The Hall–Kier alpha value is -2.28. The second-order valence-electron chi connectivity index (χ2n) is 4.81. The number of para-hydroxylation sites is 1. The quantitative estimate of drug-likeness (QED) is 0.518. The zero-order chi connectivity index (χ0) is 14.4. The molecule has 1 aromatic carbocycles. The van der Waals surface area contributed by atoms with Crippen molar-refractivity contribution < 1.29 is 4.79 Å². The summed E-state index contributed by atoms with van der Waals surface area (Å²) in [5, 5.41) is 12.2. The lowest BCUT2D eigenvalue weighted by Crippen LogP contribution is -2.36. The molecule has 0 saturated heterocycles. The van der Waals surface area contributed by atoms with Gasteiger partial charge in [-0.3, -0.25) is 4.79 Å². The van der Waals surface area contributed by atoms with Crippen molar-refractivity contribution in [2.75, 3.05) is 18.0 Å². The molecule has 0 spiro atoms. The molecule has 1 N–H and O–H groups in total. The molecule has 0 aromatic heterocycles. The van der Waals surface area contributed by atoms with Gasteiger partial charge in [0.1, 0.15) is 11.6 Å². The topological polar surface area (TPSA) is 56.1 Å². The van der Waals surface area contributed by atoms with Crippen LogP contribution in [0, 0.1) is 11.3 Å². The fraction of sp³-hybridized carbons (Fsp3) is 0.375. The molecule has 1 amide bonds. The summed E-state index contributed by atoms with van der Waals surface area (Å²) in [6.45, 7) is 3.47. The predicted octanol–water partition coefficient (Wildman–Crippen LogP) is 2.37. The summed E-state index contributed by atoms with van der Waals surface area (Å²) in [4.78, 5) is 14.2.